The van der Waals surface area contributed by atoms with Gasteiger partial charge in [-0.1, -0.05) is 20.8 Å². The lowest BCUT2D eigenvalue weighted by atomic mass is 9.44. The summed E-state index contributed by atoms with van der Waals surface area (Å²) >= 11 is 0. The third-order valence-electron chi connectivity index (χ3n) is 11.9. The maximum absolute atomic E-state index is 10.3. The molecular weight excluding hydrogens is 372 g/mol. The summed E-state index contributed by atoms with van der Waals surface area (Å²) in [5, 5.41) is 10.3. The Kier molecular flexibility index (Phi) is 4.58. The van der Waals surface area contributed by atoms with Gasteiger partial charge in [-0.15, -0.1) is 0 Å². The standard InChI is InChI=1S/C27H44O3/c1-16-15-29-22-14-27(4,30-24(16)22)23-8-7-20-19-6-5-17-13-18(28)9-11-25(17,2)21(19)10-12-26(20,23)3/h16-24,28H,5-15H2,1-4H3/t16-,17+,18-,19+,20+,21-,22+,23+,24+,25-,26+,27+/m1/s1. The Morgan fingerprint density at radius 3 is 2.43 bits per heavy atom. The minimum absolute atomic E-state index is 0.0103. The second kappa shape index (κ2) is 6.70. The van der Waals surface area contributed by atoms with E-state index in [1.165, 1.54) is 44.9 Å². The molecule has 0 aromatic carbocycles. The van der Waals surface area contributed by atoms with Gasteiger partial charge in [-0.3, -0.25) is 0 Å². The van der Waals surface area contributed by atoms with Crippen LogP contribution in [0.3, 0.4) is 0 Å². The fraction of sp³-hybridized carbons (Fsp3) is 1.00. The highest BCUT2D eigenvalue weighted by atomic mass is 16.6. The van der Waals surface area contributed by atoms with Crippen molar-refractivity contribution in [3.63, 3.8) is 0 Å². The zero-order valence-electron chi connectivity index (χ0n) is 19.7. The molecule has 0 aromatic rings. The average molecular weight is 417 g/mol. The van der Waals surface area contributed by atoms with Crippen LogP contribution in [0.4, 0.5) is 0 Å². The van der Waals surface area contributed by atoms with E-state index < -0.39 is 0 Å². The van der Waals surface area contributed by atoms with Gasteiger partial charge >= 0.3 is 0 Å². The number of ether oxygens (including phenoxy) is 2. The number of fused-ring (bicyclic) bond motifs is 6. The molecule has 0 radical (unpaired) electrons. The normalized spacial score (nSPS) is 62.5. The molecule has 30 heavy (non-hydrogen) atoms. The lowest BCUT2D eigenvalue weighted by molar-refractivity contribution is -0.154. The summed E-state index contributed by atoms with van der Waals surface area (Å²) < 4.78 is 13.0. The van der Waals surface area contributed by atoms with Crippen molar-refractivity contribution in [1.29, 1.82) is 0 Å². The van der Waals surface area contributed by atoms with E-state index in [4.69, 9.17) is 9.47 Å². The fourth-order valence-corrected chi connectivity index (χ4v) is 10.4. The van der Waals surface area contributed by atoms with Crippen molar-refractivity contribution in [2.75, 3.05) is 6.61 Å². The number of aliphatic hydroxyl groups is 1. The molecule has 0 spiro atoms. The molecule has 2 heterocycles. The molecule has 0 unspecified atom stereocenters. The molecule has 6 aliphatic rings. The van der Waals surface area contributed by atoms with Crippen LogP contribution in [0.15, 0.2) is 0 Å². The first kappa shape index (κ1) is 20.5. The molecule has 0 amide bonds. The molecule has 12 atom stereocenters. The third kappa shape index (κ3) is 2.67. The van der Waals surface area contributed by atoms with E-state index in [1.54, 1.807) is 0 Å². The number of rotatable bonds is 1. The Morgan fingerprint density at radius 1 is 0.867 bits per heavy atom. The summed E-state index contributed by atoms with van der Waals surface area (Å²) in [5.41, 5.74) is 0.932. The Bertz CT molecular complexity index is 694. The van der Waals surface area contributed by atoms with Crippen LogP contribution in [0.1, 0.15) is 91.9 Å². The minimum atomic E-state index is -0.0344. The van der Waals surface area contributed by atoms with Crippen molar-refractivity contribution in [2.24, 2.45) is 46.3 Å². The zero-order valence-corrected chi connectivity index (χ0v) is 19.7. The van der Waals surface area contributed by atoms with Crippen molar-refractivity contribution >= 4 is 0 Å². The molecule has 4 aliphatic carbocycles. The molecule has 4 saturated carbocycles. The van der Waals surface area contributed by atoms with Crippen LogP contribution in [0.2, 0.25) is 0 Å². The molecule has 0 bridgehead atoms. The topological polar surface area (TPSA) is 38.7 Å². The summed E-state index contributed by atoms with van der Waals surface area (Å²) in [6, 6.07) is 0. The first-order valence-corrected chi connectivity index (χ1v) is 13.2. The number of aliphatic hydroxyl groups excluding tert-OH is 1. The largest absolute Gasteiger partial charge is 0.393 e. The van der Waals surface area contributed by atoms with Crippen molar-refractivity contribution < 1.29 is 14.6 Å². The molecule has 2 saturated heterocycles. The fourth-order valence-electron chi connectivity index (χ4n) is 10.4. The molecule has 1 N–H and O–H groups in total. The van der Waals surface area contributed by atoms with Gasteiger partial charge in [-0.25, -0.2) is 0 Å². The molecule has 2 aliphatic heterocycles. The van der Waals surface area contributed by atoms with Crippen molar-refractivity contribution in [3.05, 3.63) is 0 Å². The smallest absolute Gasteiger partial charge is 0.0892 e. The van der Waals surface area contributed by atoms with Gasteiger partial charge in [-0.05, 0) is 105 Å². The van der Waals surface area contributed by atoms with E-state index in [2.05, 4.69) is 27.7 Å². The van der Waals surface area contributed by atoms with Gasteiger partial charge in [0.25, 0.3) is 0 Å². The summed E-state index contributed by atoms with van der Waals surface area (Å²) in [6.45, 7) is 10.9. The van der Waals surface area contributed by atoms with Crippen LogP contribution < -0.4 is 0 Å². The van der Waals surface area contributed by atoms with Crippen LogP contribution in [-0.4, -0.2) is 35.6 Å². The predicted molar refractivity (Wildman–Crippen MR) is 118 cm³/mol. The monoisotopic (exact) mass is 416 g/mol. The van der Waals surface area contributed by atoms with Gasteiger partial charge in [0.2, 0.25) is 0 Å². The molecule has 170 valence electrons. The summed E-state index contributed by atoms with van der Waals surface area (Å²) in [4.78, 5) is 0. The van der Waals surface area contributed by atoms with Crippen LogP contribution in [-0.2, 0) is 9.47 Å². The zero-order chi connectivity index (χ0) is 20.9. The van der Waals surface area contributed by atoms with Crippen LogP contribution in [0.5, 0.6) is 0 Å². The van der Waals surface area contributed by atoms with Gasteiger partial charge < -0.3 is 14.6 Å². The van der Waals surface area contributed by atoms with Crippen LogP contribution in [0, 0.1) is 46.3 Å². The van der Waals surface area contributed by atoms with E-state index >= 15 is 0 Å². The van der Waals surface area contributed by atoms with E-state index in [0.717, 1.165) is 49.5 Å². The van der Waals surface area contributed by atoms with Crippen molar-refractivity contribution in [2.45, 2.75) is 116 Å². The summed E-state index contributed by atoms with van der Waals surface area (Å²) in [6.07, 6.45) is 13.4. The molecule has 3 nitrogen and oxygen atoms in total. The quantitative estimate of drug-likeness (QED) is 0.606. The molecule has 0 aromatic heterocycles. The lowest BCUT2D eigenvalue weighted by Crippen LogP contribution is -2.55. The van der Waals surface area contributed by atoms with E-state index in [1.807, 2.05) is 0 Å². The average Bonchev–Trinajstić information content (AvgIpc) is 3.34. The van der Waals surface area contributed by atoms with Gasteiger partial charge in [0.15, 0.2) is 0 Å². The van der Waals surface area contributed by atoms with Crippen molar-refractivity contribution in [3.8, 4) is 0 Å². The van der Waals surface area contributed by atoms with E-state index in [0.29, 0.717) is 34.9 Å². The van der Waals surface area contributed by atoms with Crippen molar-refractivity contribution in [1.82, 2.24) is 0 Å². The Labute approximate surface area is 183 Å². The molecule has 3 heteroatoms. The second-order valence-corrected chi connectivity index (χ2v) is 13.2. The number of hydrogen-bond donors (Lipinski definition) is 1. The Hall–Kier alpha value is -0.120. The van der Waals surface area contributed by atoms with Gasteiger partial charge in [0.05, 0.1) is 30.5 Å². The highest BCUT2D eigenvalue weighted by Crippen LogP contribution is 2.69. The second-order valence-electron chi connectivity index (χ2n) is 13.2. The third-order valence-corrected chi connectivity index (χ3v) is 11.9. The SMILES string of the molecule is C[C@@H]1CO[C@H]2C[C@@](C)([C@H]3CC[C@H]4[C@@H]5CC[C@H]6C[C@H](O)CC[C@@]6(C)[C@@H]5CC[C@@]43C)O[C@@H]12. The van der Waals surface area contributed by atoms with Gasteiger partial charge in [-0.2, -0.15) is 0 Å². The van der Waals surface area contributed by atoms with Crippen LogP contribution >= 0.6 is 0 Å². The lowest BCUT2D eigenvalue weighted by Gasteiger charge is -2.61. The van der Waals surface area contributed by atoms with Gasteiger partial charge in [0.1, 0.15) is 0 Å². The first-order valence-electron chi connectivity index (χ1n) is 13.2. The van der Waals surface area contributed by atoms with E-state index in [9.17, 15) is 5.11 Å². The Morgan fingerprint density at radius 2 is 1.63 bits per heavy atom. The maximum Gasteiger partial charge on any atom is 0.0892 e. The summed E-state index contributed by atoms with van der Waals surface area (Å²) in [5.74, 6) is 4.68. The van der Waals surface area contributed by atoms with E-state index in [-0.39, 0.29) is 11.7 Å². The highest BCUT2D eigenvalue weighted by Gasteiger charge is 2.65. The minimum Gasteiger partial charge on any atom is -0.393 e. The summed E-state index contributed by atoms with van der Waals surface area (Å²) in [7, 11) is 0. The first-order chi connectivity index (χ1) is 14.2. The molecule has 6 rings (SSSR count). The Balaban J connectivity index is 1.25. The molecular formula is C27H44O3. The number of hydrogen-bond acceptors (Lipinski definition) is 3. The predicted octanol–water partition coefficient (Wildman–Crippen LogP) is 5.59. The van der Waals surface area contributed by atoms with Crippen LogP contribution in [0.25, 0.3) is 0 Å². The molecule has 6 fully saturated rings. The highest BCUT2D eigenvalue weighted by molar-refractivity contribution is 5.14. The van der Waals surface area contributed by atoms with Gasteiger partial charge in [0, 0.05) is 12.3 Å². The maximum atomic E-state index is 10.3.